The number of hydrogen-bond donors (Lipinski definition) is 2. The van der Waals surface area contributed by atoms with Crippen LogP contribution in [0.15, 0.2) is 39.5 Å². The zero-order valence-corrected chi connectivity index (χ0v) is 16.2. The largest absolute Gasteiger partial charge is 0.508 e. The Morgan fingerprint density at radius 2 is 1.96 bits per heavy atom. The Morgan fingerprint density at radius 1 is 1.14 bits per heavy atom. The van der Waals surface area contributed by atoms with E-state index in [0.717, 1.165) is 22.9 Å². The second kappa shape index (κ2) is 7.73. The molecule has 1 aliphatic heterocycles. The van der Waals surface area contributed by atoms with E-state index in [-0.39, 0.29) is 5.75 Å². The fourth-order valence-corrected chi connectivity index (χ4v) is 3.67. The van der Waals surface area contributed by atoms with Crippen molar-refractivity contribution in [2.45, 2.75) is 26.4 Å². The average Bonchev–Trinajstić information content (AvgIpc) is 2.91. The van der Waals surface area contributed by atoms with Crippen molar-refractivity contribution in [3.8, 4) is 17.2 Å². The summed E-state index contributed by atoms with van der Waals surface area (Å²) in [6, 6.07) is 8.71. The topological polar surface area (TPSA) is 85.5 Å². The maximum atomic E-state index is 11.9. The maximum Gasteiger partial charge on any atom is 0.336 e. The van der Waals surface area contributed by atoms with Crippen molar-refractivity contribution in [2.24, 2.45) is 0 Å². The molecule has 146 valence electrons. The number of aromatic hydroxyl groups is 1. The summed E-state index contributed by atoms with van der Waals surface area (Å²) in [6.07, 6.45) is 0.825. The Balaban J connectivity index is 1.55. The lowest BCUT2D eigenvalue weighted by Gasteiger charge is -2.11. The molecule has 2 aromatic carbocycles. The highest BCUT2D eigenvalue weighted by molar-refractivity contribution is 6.32. The van der Waals surface area contributed by atoms with Gasteiger partial charge in [-0.15, -0.1) is 0 Å². The highest BCUT2D eigenvalue weighted by Crippen LogP contribution is 2.37. The van der Waals surface area contributed by atoms with Gasteiger partial charge in [0, 0.05) is 34.6 Å². The number of hydrogen-bond acceptors (Lipinski definition) is 5. The van der Waals surface area contributed by atoms with Crippen LogP contribution in [0.5, 0.6) is 17.2 Å². The van der Waals surface area contributed by atoms with E-state index in [1.54, 1.807) is 19.1 Å². The molecule has 0 bridgehead atoms. The monoisotopic (exact) mass is 402 g/mol. The molecule has 7 heteroatoms. The maximum absolute atomic E-state index is 11.9. The van der Waals surface area contributed by atoms with Crippen LogP contribution in [0, 0.1) is 6.92 Å². The second-order valence-corrected chi connectivity index (χ2v) is 7.24. The first-order chi connectivity index (χ1) is 13.5. The van der Waals surface area contributed by atoms with Crippen LogP contribution in [0.4, 0.5) is 0 Å². The molecule has 1 aromatic heterocycles. The van der Waals surface area contributed by atoms with E-state index in [9.17, 15) is 9.90 Å². The Labute approximate surface area is 166 Å². The number of phenolic OH excluding ortho intramolecular Hbond substituents is 1. The summed E-state index contributed by atoms with van der Waals surface area (Å²) in [5.41, 5.74) is 2.43. The Kier molecular flexibility index (Phi) is 5.15. The minimum atomic E-state index is -0.428. The predicted molar refractivity (Wildman–Crippen MR) is 105 cm³/mol. The molecule has 28 heavy (non-hydrogen) atoms. The van der Waals surface area contributed by atoms with Crippen molar-refractivity contribution in [1.29, 1.82) is 0 Å². The van der Waals surface area contributed by atoms with Gasteiger partial charge in [-0.2, -0.15) is 0 Å². The molecule has 2 heterocycles. The normalized spacial score (nSPS) is 13.5. The second-order valence-electron chi connectivity index (χ2n) is 6.83. The van der Waals surface area contributed by atoms with Gasteiger partial charge >= 0.3 is 5.63 Å². The van der Waals surface area contributed by atoms with E-state index in [2.05, 4.69) is 5.32 Å². The Hall–Kier alpha value is -2.70. The van der Waals surface area contributed by atoms with E-state index in [1.807, 2.05) is 12.1 Å². The van der Waals surface area contributed by atoms with Gasteiger partial charge in [0.25, 0.3) is 0 Å². The number of benzene rings is 2. The smallest absolute Gasteiger partial charge is 0.336 e. The van der Waals surface area contributed by atoms with E-state index in [1.165, 1.54) is 6.07 Å². The fraction of sp³-hybridized carbons (Fsp3) is 0.286. The summed E-state index contributed by atoms with van der Waals surface area (Å²) in [5, 5.41) is 13.3. The molecule has 0 saturated heterocycles. The summed E-state index contributed by atoms with van der Waals surface area (Å²) in [6.45, 7) is 4.17. The van der Waals surface area contributed by atoms with Crippen LogP contribution >= 0.6 is 11.6 Å². The van der Waals surface area contributed by atoms with Crippen LogP contribution in [0.1, 0.15) is 23.1 Å². The van der Waals surface area contributed by atoms with Gasteiger partial charge in [-0.1, -0.05) is 11.6 Å². The SMILES string of the molecule is Cc1c(O)ccc2c(C[NH2+]Cc3cc(Cl)c4c(c3)OCCCO4)cc(=O)oc12. The van der Waals surface area contributed by atoms with E-state index in [0.29, 0.717) is 54.0 Å². The standard InChI is InChI=1S/C21H20ClNO5/c1-12-17(24)4-3-15-14(9-19(25)28-20(12)15)11-23-10-13-7-16(22)21-18(8-13)26-5-2-6-27-21/h3-4,7-9,23-24H,2,5-6,10-11H2,1H3/p+1. The molecule has 3 N–H and O–H groups in total. The number of phenols is 1. The van der Waals surface area contributed by atoms with Gasteiger partial charge in [0.05, 0.1) is 18.2 Å². The molecule has 0 unspecified atom stereocenters. The average molecular weight is 403 g/mol. The van der Waals surface area contributed by atoms with Gasteiger partial charge < -0.3 is 24.3 Å². The summed E-state index contributed by atoms with van der Waals surface area (Å²) in [7, 11) is 0. The molecule has 0 spiro atoms. The third-order valence-electron chi connectivity index (χ3n) is 4.82. The molecule has 1 aliphatic rings. The summed E-state index contributed by atoms with van der Waals surface area (Å²) >= 11 is 6.35. The Morgan fingerprint density at radius 3 is 2.82 bits per heavy atom. The van der Waals surface area contributed by atoms with Gasteiger partial charge in [0.2, 0.25) is 0 Å². The molecule has 0 fully saturated rings. The van der Waals surface area contributed by atoms with Crippen LogP contribution in [-0.4, -0.2) is 18.3 Å². The van der Waals surface area contributed by atoms with Crippen LogP contribution in [0.25, 0.3) is 11.0 Å². The van der Waals surface area contributed by atoms with Gasteiger partial charge in [-0.3, -0.25) is 0 Å². The fourth-order valence-electron chi connectivity index (χ4n) is 3.38. The van der Waals surface area contributed by atoms with Crippen molar-refractivity contribution in [3.63, 3.8) is 0 Å². The first-order valence-electron chi connectivity index (χ1n) is 9.18. The number of ether oxygens (including phenoxy) is 2. The third-order valence-corrected chi connectivity index (χ3v) is 5.10. The third kappa shape index (κ3) is 3.66. The minimum Gasteiger partial charge on any atom is -0.508 e. The van der Waals surface area contributed by atoms with Crippen molar-refractivity contribution in [3.05, 3.63) is 62.5 Å². The number of fused-ring (bicyclic) bond motifs is 2. The molecule has 3 aromatic rings. The first-order valence-corrected chi connectivity index (χ1v) is 9.55. The summed E-state index contributed by atoms with van der Waals surface area (Å²) < 4.78 is 16.7. The highest BCUT2D eigenvalue weighted by Gasteiger charge is 2.17. The lowest BCUT2D eigenvalue weighted by molar-refractivity contribution is -0.686. The van der Waals surface area contributed by atoms with Crippen molar-refractivity contribution in [1.82, 2.24) is 0 Å². The van der Waals surface area contributed by atoms with E-state index >= 15 is 0 Å². The lowest BCUT2D eigenvalue weighted by Crippen LogP contribution is -2.80. The molecule has 6 nitrogen and oxygen atoms in total. The predicted octanol–water partition coefficient (Wildman–Crippen LogP) is 2.89. The van der Waals surface area contributed by atoms with Crippen LogP contribution in [0.3, 0.4) is 0 Å². The zero-order chi connectivity index (χ0) is 19.7. The number of quaternary nitrogens is 1. The molecular formula is C21H21ClNO5+. The number of rotatable bonds is 4. The van der Waals surface area contributed by atoms with Crippen molar-refractivity contribution < 1.29 is 24.3 Å². The number of aryl methyl sites for hydroxylation is 1. The molecule has 0 amide bonds. The van der Waals surface area contributed by atoms with Crippen molar-refractivity contribution >= 4 is 22.6 Å². The molecule has 0 radical (unpaired) electrons. The van der Waals surface area contributed by atoms with Gasteiger partial charge in [-0.25, -0.2) is 4.79 Å². The van der Waals surface area contributed by atoms with Crippen LogP contribution in [0.2, 0.25) is 5.02 Å². The summed E-state index contributed by atoms with van der Waals surface area (Å²) in [5.74, 6) is 1.38. The quantitative estimate of drug-likeness (QED) is 0.655. The molecule has 4 rings (SSSR count). The zero-order valence-electron chi connectivity index (χ0n) is 15.5. The van der Waals surface area contributed by atoms with Gasteiger partial charge in [0.15, 0.2) is 11.5 Å². The molecular weight excluding hydrogens is 382 g/mol. The first kappa shape index (κ1) is 18.7. The van der Waals surface area contributed by atoms with Gasteiger partial charge in [0.1, 0.15) is 24.4 Å². The highest BCUT2D eigenvalue weighted by atomic mass is 35.5. The molecule has 0 saturated carbocycles. The number of halogens is 1. The summed E-state index contributed by atoms with van der Waals surface area (Å²) in [4.78, 5) is 11.9. The van der Waals surface area contributed by atoms with Crippen LogP contribution in [-0.2, 0) is 13.1 Å². The van der Waals surface area contributed by atoms with E-state index < -0.39 is 5.63 Å². The molecule has 0 atom stereocenters. The van der Waals surface area contributed by atoms with E-state index in [4.69, 9.17) is 25.5 Å². The Bertz CT molecular complexity index is 1090. The van der Waals surface area contributed by atoms with Gasteiger partial charge in [-0.05, 0) is 31.2 Å². The number of nitrogens with two attached hydrogens (primary N) is 1. The minimum absolute atomic E-state index is 0.110. The molecule has 0 aliphatic carbocycles. The van der Waals surface area contributed by atoms with Crippen molar-refractivity contribution in [2.75, 3.05) is 13.2 Å². The lowest BCUT2D eigenvalue weighted by atomic mass is 10.1. The van der Waals surface area contributed by atoms with Crippen LogP contribution < -0.4 is 20.4 Å².